The molecule has 1 saturated heterocycles. The van der Waals surface area contributed by atoms with Gasteiger partial charge in [0.15, 0.2) is 11.8 Å². The zero-order chi connectivity index (χ0) is 29.8. The molecule has 0 amide bonds. The summed E-state index contributed by atoms with van der Waals surface area (Å²) in [6.45, 7) is 19.8. The monoisotopic (exact) mass is 567 g/mol. The van der Waals surface area contributed by atoms with Gasteiger partial charge in [-0.05, 0) is 47.5 Å². The topological polar surface area (TPSA) is 129 Å². The Balaban J connectivity index is 1.74. The predicted octanol–water partition coefficient (Wildman–Crippen LogP) is 3.88. The van der Waals surface area contributed by atoms with E-state index in [-0.39, 0.29) is 5.60 Å². The third kappa shape index (κ3) is 7.38. The number of hydrogen-bond acceptors (Lipinski definition) is 9. The first-order chi connectivity index (χ1) is 19.4. The van der Waals surface area contributed by atoms with E-state index in [0.717, 1.165) is 12.8 Å². The second-order valence-corrected chi connectivity index (χ2v) is 11.5. The number of fused-ring (bicyclic) bond motifs is 1. The average Bonchev–Trinajstić information content (AvgIpc) is 3.52. The lowest BCUT2D eigenvalue weighted by molar-refractivity contribution is -0.160. The highest BCUT2D eigenvalue weighted by atomic mass is 16.5. The number of ether oxygens (including phenoxy) is 3. The highest BCUT2D eigenvalue weighted by Gasteiger charge is 2.37. The van der Waals surface area contributed by atoms with Gasteiger partial charge in [-0.25, -0.2) is 14.5 Å². The van der Waals surface area contributed by atoms with Crippen molar-refractivity contribution in [3.8, 4) is 0 Å². The quantitative estimate of drug-likeness (QED) is 0.240. The fourth-order valence-corrected chi connectivity index (χ4v) is 4.93. The minimum Gasteiger partial charge on any atom is -0.479 e. The van der Waals surface area contributed by atoms with E-state index in [2.05, 4.69) is 35.3 Å². The summed E-state index contributed by atoms with van der Waals surface area (Å²) in [5.74, 6) is -0.416. The molecule has 1 fully saturated rings. The van der Waals surface area contributed by atoms with Crippen LogP contribution in [0.4, 0.5) is 5.82 Å². The van der Waals surface area contributed by atoms with Crippen LogP contribution in [0, 0.1) is 6.92 Å². The van der Waals surface area contributed by atoms with E-state index in [1.54, 1.807) is 21.3 Å². The van der Waals surface area contributed by atoms with Crippen molar-refractivity contribution in [3.05, 3.63) is 60.2 Å². The first kappa shape index (κ1) is 30.4. The smallest absolute Gasteiger partial charge is 0.337 e. The number of aromatic nitrogens is 6. The predicted molar refractivity (Wildman–Crippen MR) is 154 cm³/mol. The maximum atomic E-state index is 12.6. The molecule has 1 unspecified atom stereocenters. The number of hydrogen-bond donors (Lipinski definition) is 1. The van der Waals surface area contributed by atoms with Crippen LogP contribution in [0.25, 0.3) is 5.65 Å². The minimum atomic E-state index is -1.23. The van der Waals surface area contributed by atoms with Crippen molar-refractivity contribution in [2.75, 3.05) is 31.2 Å². The molecule has 3 aromatic rings. The summed E-state index contributed by atoms with van der Waals surface area (Å²) >= 11 is 0. The van der Waals surface area contributed by atoms with Crippen LogP contribution in [0.15, 0.2) is 37.6 Å². The summed E-state index contributed by atoms with van der Waals surface area (Å²) in [5.41, 5.74) is 2.10. The molecule has 0 spiro atoms. The molecule has 4 rings (SSSR count). The Hall–Kier alpha value is -3.61. The minimum absolute atomic E-state index is 0.296. The molecule has 12 nitrogen and oxygen atoms in total. The van der Waals surface area contributed by atoms with Crippen molar-refractivity contribution in [1.82, 2.24) is 29.6 Å². The van der Waals surface area contributed by atoms with Crippen LogP contribution in [0.5, 0.6) is 0 Å². The number of carbonyl (C=O) groups is 1. The first-order valence-corrected chi connectivity index (χ1v) is 13.8. The van der Waals surface area contributed by atoms with E-state index in [0.29, 0.717) is 73.6 Å². The zero-order valence-corrected chi connectivity index (χ0v) is 24.7. The Morgan fingerprint density at radius 1 is 1.20 bits per heavy atom. The molecule has 1 aliphatic heterocycles. The molecule has 222 valence electrons. The van der Waals surface area contributed by atoms with Gasteiger partial charge < -0.3 is 24.2 Å². The Labute approximate surface area is 240 Å². The lowest BCUT2D eigenvalue weighted by atomic mass is 9.92. The summed E-state index contributed by atoms with van der Waals surface area (Å²) in [7, 11) is 0. The highest BCUT2D eigenvalue weighted by molar-refractivity contribution is 5.78. The lowest BCUT2D eigenvalue weighted by Crippen LogP contribution is -2.45. The van der Waals surface area contributed by atoms with Crippen LogP contribution in [0.1, 0.15) is 69.3 Å². The molecule has 0 aliphatic carbocycles. The van der Waals surface area contributed by atoms with Gasteiger partial charge in [-0.2, -0.15) is 9.61 Å². The van der Waals surface area contributed by atoms with E-state index in [9.17, 15) is 9.90 Å². The molecule has 41 heavy (non-hydrogen) atoms. The SMILES string of the molecule is C=CCOCc1cn(Cc2cc3nc(C)c(C(OC(C)(C)C)C(=O)O)c(N4CCC(C)(OCC=C)CC4)n3n2)nn1. The Morgan fingerprint density at radius 3 is 2.54 bits per heavy atom. The Morgan fingerprint density at radius 2 is 1.90 bits per heavy atom. The molecule has 1 N–H and O–H groups in total. The van der Waals surface area contributed by atoms with E-state index in [1.807, 2.05) is 40.0 Å². The average molecular weight is 568 g/mol. The number of aliphatic carboxylic acids is 1. The molecule has 1 aliphatic rings. The molecule has 4 heterocycles. The van der Waals surface area contributed by atoms with Crippen LogP contribution in [-0.4, -0.2) is 78.2 Å². The summed E-state index contributed by atoms with van der Waals surface area (Å²) < 4.78 is 21.1. The van der Waals surface area contributed by atoms with Crippen molar-refractivity contribution < 1.29 is 24.1 Å². The second-order valence-electron chi connectivity index (χ2n) is 11.5. The van der Waals surface area contributed by atoms with Crippen molar-refractivity contribution >= 4 is 17.4 Å². The van der Waals surface area contributed by atoms with Crippen molar-refractivity contribution in [3.63, 3.8) is 0 Å². The van der Waals surface area contributed by atoms with Gasteiger partial charge in [0.2, 0.25) is 0 Å². The largest absolute Gasteiger partial charge is 0.479 e. The fraction of sp³-hybridized carbons (Fsp3) is 0.552. The summed E-state index contributed by atoms with van der Waals surface area (Å²) in [6, 6.07) is 1.89. The number of anilines is 1. The van der Waals surface area contributed by atoms with E-state index in [4.69, 9.17) is 24.3 Å². The van der Waals surface area contributed by atoms with Gasteiger partial charge >= 0.3 is 5.97 Å². The van der Waals surface area contributed by atoms with Crippen LogP contribution in [-0.2, 0) is 32.2 Å². The second kappa shape index (κ2) is 12.5. The van der Waals surface area contributed by atoms with Gasteiger partial charge in [0.25, 0.3) is 0 Å². The van der Waals surface area contributed by atoms with Gasteiger partial charge in [-0.1, -0.05) is 17.4 Å². The van der Waals surface area contributed by atoms with Crippen LogP contribution in [0.2, 0.25) is 0 Å². The van der Waals surface area contributed by atoms with E-state index >= 15 is 0 Å². The molecule has 0 radical (unpaired) electrons. The van der Waals surface area contributed by atoms with Crippen molar-refractivity contribution in [2.45, 2.75) is 77.9 Å². The van der Waals surface area contributed by atoms with Gasteiger partial charge in [-0.3, -0.25) is 0 Å². The Kier molecular flexibility index (Phi) is 9.25. The van der Waals surface area contributed by atoms with E-state index < -0.39 is 17.7 Å². The standard InChI is InChI=1S/C29H41N7O5/c1-8-14-39-19-22-18-35(33-31-22)17-21-16-23-30-20(3)24(25(27(37)38)41-28(4,5)6)26(36(23)32-21)34-12-10-29(7,11-13-34)40-15-9-2/h8-9,16,18,25H,1-2,10-15,17,19H2,3-7H3,(H,37,38). The first-order valence-electron chi connectivity index (χ1n) is 13.8. The maximum Gasteiger partial charge on any atom is 0.337 e. The number of aryl methyl sites for hydroxylation is 1. The molecular weight excluding hydrogens is 526 g/mol. The number of carboxylic acid groups (broad SMARTS) is 1. The molecule has 12 heteroatoms. The zero-order valence-electron chi connectivity index (χ0n) is 24.7. The van der Waals surface area contributed by atoms with Crippen LogP contribution in [0.3, 0.4) is 0 Å². The van der Waals surface area contributed by atoms with Gasteiger partial charge in [0.05, 0.1) is 55.0 Å². The third-order valence-electron chi connectivity index (χ3n) is 6.88. The molecule has 1 atom stereocenters. The summed E-state index contributed by atoms with van der Waals surface area (Å²) in [4.78, 5) is 19.5. The molecule has 0 bridgehead atoms. The molecule has 0 saturated carbocycles. The van der Waals surface area contributed by atoms with Crippen LogP contribution < -0.4 is 4.90 Å². The summed E-state index contributed by atoms with van der Waals surface area (Å²) in [5, 5.41) is 23.6. The number of piperidine rings is 1. The van der Waals surface area contributed by atoms with Crippen molar-refractivity contribution in [2.24, 2.45) is 0 Å². The number of rotatable bonds is 13. The van der Waals surface area contributed by atoms with E-state index in [1.165, 1.54) is 0 Å². The number of nitrogens with zero attached hydrogens (tertiary/aromatic N) is 7. The normalized spacial score (nSPS) is 16.2. The third-order valence-corrected chi connectivity index (χ3v) is 6.88. The lowest BCUT2D eigenvalue weighted by Gasteiger charge is -2.41. The van der Waals surface area contributed by atoms with Crippen molar-refractivity contribution in [1.29, 1.82) is 0 Å². The molecular formula is C29H41N7O5. The highest BCUT2D eigenvalue weighted by Crippen LogP contribution is 2.37. The van der Waals surface area contributed by atoms with Crippen LogP contribution >= 0.6 is 0 Å². The molecule has 0 aromatic carbocycles. The molecule has 3 aromatic heterocycles. The maximum absolute atomic E-state index is 12.6. The fourth-order valence-electron chi connectivity index (χ4n) is 4.93. The van der Waals surface area contributed by atoms with Gasteiger partial charge in [0.1, 0.15) is 11.5 Å². The Bertz CT molecular complexity index is 1380. The number of carboxylic acids is 1. The van der Waals surface area contributed by atoms with Gasteiger partial charge in [0, 0.05) is 24.8 Å². The summed E-state index contributed by atoms with van der Waals surface area (Å²) in [6.07, 6.45) is 5.53. The van der Waals surface area contributed by atoms with Gasteiger partial charge in [-0.15, -0.1) is 18.3 Å².